The molecule has 0 spiro atoms. The third-order valence-electron chi connectivity index (χ3n) is 5.49. The van der Waals surface area contributed by atoms with Crippen LogP contribution in [-0.4, -0.2) is 0 Å². The SMILES string of the molecule is Nc1ccc(C2(c3ccc(N)cc3)c3ccccc3Oc3ccccc32)cc1. The molecule has 5 rings (SSSR count). The molecule has 0 aliphatic carbocycles. The number of fused-ring (bicyclic) bond motifs is 2. The molecule has 3 nitrogen and oxygen atoms in total. The Bertz CT molecular complexity index is 1050. The summed E-state index contributed by atoms with van der Waals surface area (Å²) >= 11 is 0. The summed E-state index contributed by atoms with van der Waals surface area (Å²) in [6.45, 7) is 0. The molecule has 4 N–H and O–H groups in total. The fraction of sp³-hybridized carbons (Fsp3) is 0.0400. The molecule has 1 heterocycles. The van der Waals surface area contributed by atoms with E-state index in [0.29, 0.717) is 0 Å². The second-order valence-electron chi connectivity index (χ2n) is 7.09. The number of nitrogens with two attached hydrogens (primary N) is 2. The maximum Gasteiger partial charge on any atom is 0.132 e. The van der Waals surface area contributed by atoms with Gasteiger partial charge in [-0.15, -0.1) is 0 Å². The Morgan fingerprint density at radius 3 is 1.32 bits per heavy atom. The van der Waals surface area contributed by atoms with Crippen LogP contribution in [0.3, 0.4) is 0 Å². The largest absolute Gasteiger partial charge is 0.457 e. The van der Waals surface area contributed by atoms with Gasteiger partial charge in [-0.3, -0.25) is 0 Å². The van der Waals surface area contributed by atoms with E-state index in [1.165, 1.54) is 0 Å². The zero-order valence-electron chi connectivity index (χ0n) is 15.3. The van der Waals surface area contributed by atoms with Gasteiger partial charge in [-0.25, -0.2) is 0 Å². The minimum atomic E-state index is -0.521. The maximum absolute atomic E-state index is 6.27. The van der Waals surface area contributed by atoms with Crippen LogP contribution in [0.15, 0.2) is 97.1 Å². The molecule has 0 atom stereocenters. The van der Waals surface area contributed by atoms with Crippen LogP contribution in [0.5, 0.6) is 11.5 Å². The Hall–Kier alpha value is -3.72. The molecule has 0 unspecified atom stereocenters. The Morgan fingerprint density at radius 2 is 0.893 bits per heavy atom. The van der Waals surface area contributed by atoms with Gasteiger partial charge >= 0.3 is 0 Å². The lowest BCUT2D eigenvalue weighted by Crippen LogP contribution is -2.34. The first-order valence-corrected chi connectivity index (χ1v) is 9.28. The van der Waals surface area contributed by atoms with E-state index >= 15 is 0 Å². The van der Waals surface area contributed by atoms with Gasteiger partial charge in [-0.05, 0) is 47.5 Å². The van der Waals surface area contributed by atoms with Crippen LogP contribution in [0.2, 0.25) is 0 Å². The van der Waals surface area contributed by atoms with Crippen molar-refractivity contribution in [3.05, 3.63) is 119 Å². The fourth-order valence-corrected chi connectivity index (χ4v) is 4.25. The molecule has 0 saturated heterocycles. The van der Waals surface area contributed by atoms with Crippen molar-refractivity contribution in [2.75, 3.05) is 11.5 Å². The molecule has 4 aromatic carbocycles. The van der Waals surface area contributed by atoms with E-state index in [0.717, 1.165) is 45.1 Å². The Morgan fingerprint density at radius 1 is 0.500 bits per heavy atom. The highest BCUT2D eigenvalue weighted by Crippen LogP contribution is 2.55. The smallest absolute Gasteiger partial charge is 0.132 e. The van der Waals surface area contributed by atoms with Gasteiger partial charge < -0.3 is 16.2 Å². The molecule has 0 amide bonds. The lowest BCUT2D eigenvalue weighted by molar-refractivity contribution is 0.434. The molecule has 136 valence electrons. The predicted molar refractivity (Wildman–Crippen MR) is 114 cm³/mol. The van der Waals surface area contributed by atoms with Gasteiger partial charge in [0.2, 0.25) is 0 Å². The van der Waals surface area contributed by atoms with Crippen molar-refractivity contribution in [1.82, 2.24) is 0 Å². The van der Waals surface area contributed by atoms with Crippen LogP contribution < -0.4 is 16.2 Å². The van der Waals surface area contributed by atoms with Crippen LogP contribution >= 0.6 is 0 Å². The van der Waals surface area contributed by atoms with Crippen molar-refractivity contribution in [2.24, 2.45) is 0 Å². The van der Waals surface area contributed by atoms with E-state index < -0.39 is 5.41 Å². The summed E-state index contributed by atoms with van der Waals surface area (Å²) in [6.07, 6.45) is 0. The highest BCUT2D eigenvalue weighted by Gasteiger charge is 2.44. The lowest BCUT2D eigenvalue weighted by atomic mass is 9.63. The summed E-state index contributed by atoms with van der Waals surface area (Å²) in [5, 5.41) is 0. The number of hydrogen-bond donors (Lipinski definition) is 2. The minimum absolute atomic E-state index is 0.521. The number of nitrogen functional groups attached to an aromatic ring is 2. The summed E-state index contributed by atoms with van der Waals surface area (Å²) in [5.41, 5.74) is 17.4. The molecule has 0 saturated carbocycles. The van der Waals surface area contributed by atoms with Gasteiger partial charge in [0.15, 0.2) is 0 Å². The van der Waals surface area contributed by atoms with Crippen LogP contribution in [-0.2, 0) is 5.41 Å². The summed E-state index contributed by atoms with van der Waals surface area (Å²) < 4.78 is 6.27. The number of benzene rings is 4. The van der Waals surface area contributed by atoms with Crippen LogP contribution in [0, 0.1) is 0 Å². The molecule has 0 aromatic heterocycles. The van der Waals surface area contributed by atoms with Crippen molar-refractivity contribution in [3.8, 4) is 11.5 Å². The van der Waals surface area contributed by atoms with Gasteiger partial charge in [0.25, 0.3) is 0 Å². The highest BCUT2D eigenvalue weighted by atomic mass is 16.5. The molecule has 0 fully saturated rings. The van der Waals surface area contributed by atoms with Crippen molar-refractivity contribution < 1.29 is 4.74 Å². The van der Waals surface area contributed by atoms with Crippen molar-refractivity contribution in [3.63, 3.8) is 0 Å². The summed E-state index contributed by atoms with van der Waals surface area (Å²) in [6, 6.07) is 32.7. The summed E-state index contributed by atoms with van der Waals surface area (Å²) in [4.78, 5) is 0. The van der Waals surface area contributed by atoms with Crippen molar-refractivity contribution in [2.45, 2.75) is 5.41 Å². The summed E-state index contributed by atoms with van der Waals surface area (Å²) in [5.74, 6) is 1.71. The standard InChI is InChI=1S/C25H20N2O/c26-19-13-9-17(10-14-19)25(18-11-15-20(27)16-12-18)21-5-1-3-7-23(21)28-24-8-4-2-6-22(24)25/h1-16H,26-27H2. The Kier molecular flexibility index (Phi) is 3.63. The number of para-hydroxylation sites is 2. The molecular weight excluding hydrogens is 344 g/mol. The molecule has 0 bridgehead atoms. The number of ether oxygens (including phenoxy) is 1. The molecule has 28 heavy (non-hydrogen) atoms. The molecular formula is C25H20N2O. The number of rotatable bonds is 2. The van der Waals surface area contributed by atoms with Gasteiger partial charge in [0.05, 0.1) is 5.41 Å². The third kappa shape index (κ3) is 2.30. The van der Waals surface area contributed by atoms with E-state index in [4.69, 9.17) is 16.2 Å². The zero-order chi connectivity index (χ0) is 19.1. The quantitative estimate of drug-likeness (QED) is 0.416. The normalized spacial score (nSPS) is 13.9. The molecule has 4 aromatic rings. The van der Waals surface area contributed by atoms with Crippen LogP contribution in [0.25, 0.3) is 0 Å². The van der Waals surface area contributed by atoms with E-state index in [2.05, 4.69) is 48.5 Å². The van der Waals surface area contributed by atoms with Gasteiger partial charge in [0.1, 0.15) is 11.5 Å². The first kappa shape index (κ1) is 16.5. The second kappa shape index (κ2) is 6.17. The first-order chi connectivity index (χ1) is 13.7. The average molecular weight is 364 g/mol. The van der Waals surface area contributed by atoms with E-state index in [1.54, 1.807) is 0 Å². The summed E-state index contributed by atoms with van der Waals surface area (Å²) in [7, 11) is 0. The van der Waals surface area contributed by atoms with Gasteiger partial charge in [0, 0.05) is 22.5 Å². The molecule has 0 radical (unpaired) electrons. The predicted octanol–water partition coefficient (Wildman–Crippen LogP) is 5.34. The van der Waals surface area contributed by atoms with Crippen molar-refractivity contribution in [1.29, 1.82) is 0 Å². The lowest BCUT2D eigenvalue weighted by Gasteiger charge is -2.41. The first-order valence-electron chi connectivity index (χ1n) is 9.28. The Balaban J connectivity index is 1.94. The third-order valence-corrected chi connectivity index (χ3v) is 5.49. The highest BCUT2D eigenvalue weighted by molar-refractivity contribution is 5.70. The monoisotopic (exact) mass is 364 g/mol. The van der Waals surface area contributed by atoms with Crippen molar-refractivity contribution >= 4 is 11.4 Å². The van der Waals surface area contributed by atoms with Gasteiger partial charge in [-0.2, -0.15) is 0 Å². The minimum Gasteiger partial charge on any atom is -0.457 e. The molecule has 1 aliphatic heterocycles. The fourth-order valence-electron chi connectivity index (χ4n) is 4.25. The topological polar surface area (TPSA) is 61.3 Å². The molecule has 3 heteroatoms. The van der Waals surface area contributed by atoms with Crippen LogP contribution in [0.1, 0.15) is 22.3 Å². The molecule has 1 aliphatic rings. The van der Waals surface area contributed by atoms with E-state index in [-0.39, 0.29) is 0 Å². The average Bonchev–Trinajstić information content (AvgIpc) is 2.73. The van der Waals surface area contributed by atoms with E-state index in [9.17, 15) is 0 Å². The van der Waals surface area contributed by atoms with E-state index in [1.807, 2.05) is 48.5 Å². The zero-order valence-corrected chi connectivity index (χ0v) is 15.3. The van der Waals surface area contributed by atoms with Gasteiger partial charge in [-0.1, -0.05) is 60.7 Å². The van der Waals surface area contributed by atoms with Crippen LogP contribution in [0.4, 0.5) is 11.4 Å². The number of hydrogen-bond acceptors (Lipinski definition) is 3. The number of anilines is 2. The Labute approximate surface area is 164 Å². The second-order valence-corrected chi connectivity index (χ2v) is 7.09. The maximum atomic E-state index is 6.27.